The van der Waals surface area contributed by atoms with Gasteiger partial charge in [0.15, 0.2) is 5.65 Å². The summed E-state index contributed by atoms with van der Waals surface area (Å²) in [7, 11) is 0. The van der Waals surface area contributed by atoms with Gasteiger partial charge in [-0.3, -0.25) is 9.59 Å². The van der Waals surface area contributed by atoms with E-state index in [1.807, 2.05) is 0 Å². The van der Waals surface area contributed by atoms with Crippen molar-refractivity contribution >= 4 is 63.5 Å². The number of amides is 2. The molecule has 0 saturated heterocycles. The minimum absolute atomic E-state index is 0.0110. The third-order valence-corrected chi connectivity index (χ3v) is 8.05. The number of nitrogens with one attached hydrogen (secondary N) is 4. The highest BCUT2D eigenvalue weighted by molar-refractivity contribution is 6.39. The van der Waals surface area contributed by atoms with Gasteiger partial charge in [-0.1, -0.05) is 29.3 Å². The van der Waals surface area contributed by atoms with Gasteiger partial charge in [0.1, 0.15) is 17.6 Å². The third kappa shape index (κ3) is 8.08. The Bertz CT molecular complexity index is 1860. The van der Waals surface area contributed by atoms with Crippen molar-refractivity contribution in [1.82, 2.24) is 20.3 Å². The van der Waals surface area contributed by atoms with Crippen LogP contribution < -0.4 is 20.7 Å². The average Bonchev–Trinajstić information content (AvgIpc) is 3.76. The van der Waals surface area contributed by atoms with Crippen molar-refractivity contribution in [2.45, 2.75) is 38.4 Å². The Kier molecular flexibility index (Phi) is 10.1. The predicted molar refractivity (Wildman–Crippen MR) is 160 cm³/mol. The second-order valence-corrected chi connectivity index (χ2v) is 11.4. The number of aromatic amines is 1. The second-order valence-electron chi connectivity index (χ2n) is 10.6. The van der Waals surface area contributed by atoms with Crippen molar-refractivity contribution in [1.29, 1.82) is 0 Å². The Hall–Kier alpha value is -4.42. The summed E-state index contributed by atoms with van der Waals surface area (Å²) in [6.07, 6.45) is -9.94. The van der Waals surface area contributed by atoms with Crippen LogP contribution in [0.25, 0.3) is 11.2 Å². The number of hydrogen-bond donors (Lipinski definition) is 4. The van der Waals surface area contributed by atoms with Crippen molar-refractivity contribution in [2.75, 3.05) is 23.8 Å². The number of alkyl halides is 8. The normalized spacial score (nSPS) is 14.2. The van der Waals surface area contributed by atoms with Crippen molar-refractivity contribution in [3.8, 4) is 5.88 Å². The van der Waals surface area contributed by atoms with E-state index in [2.05, 4.69) is 35.6 Å². The Balaban J connectivity index is 1.38. The molecular weight excluding hydrogens is 719 g/mol. The zero-order valence-electron chi connectivity index (χ0n) is 24.5. The van der Waals surface area contributed by atoms with Crippen LogP contribution in [-0.4, -0.2) is 52.8 Å². The molecule has 1 fully saturated rings. The summed E-state index contributed by atoms with van der Waals surface area (Å²) in [4.78, 5) is 36.7. The molecule has 1 saturated carbocycles. The minimum Gasteiger partial charge on any atom is -0.475 e. The maximum Gasteiger partial charge on any atom is 0.416 e. The molecule has 20 heteroatoms. The molecule has 0 bridgehead atoms. The third-order valence-electron chi connectivity index (χ3n) is 7.30. The fourth-order valence-corrected chi connectivity index (χ4v) is 5.08. The van der Waals surface area contributed by atoms with Gasteiger partial charge in [0, 0.05) is 12.2 Å². The fraction of sp³-hybridized carbons (Fsp3) is 0.310. The number of H-pyrrole nitrogens is 1. The van der Waals surface area contributed by atoms with Crippen LogP contribution in [0.3, 0.4) is 0 Å². The first-order chi connectivity index (χ1) is 23.0. The first kappa shape index (κ1) is 35.9. The molecule has 2 amide bonds. The molecule has 4 N–H and O–H groups in total. The van der Waals surface area contributed by atoms with Crippen molar-refractivity contribution < 1.29 is 54.2 Å². The number of imidazole rings is 1. The van der Waals surface area contributed by atoms with Crippen LogP contribution in [0.4, 0.5) is 52.4 Å². The summed E-state index contributed by atoms with van der Waals surface area (Å²) in [5.74, 6) is -2.49. The number of rotatable bonds is 12. The molecule has 5 rings (SSSR count). The number of pyridine rings is 1. The zero-order valence-corrected chi connectivity index (χ0v) is 26.0. The van der Waals surface area contributed by atoms with Crippen LogP contribution >= 0.6 is 23.2 Å². The second kappa shape index (κ2) is 13.8. The van der Waals surface area contributed by atoms with Gasteiger partial charge in [0.25, 0.3) is 5.91 Å². The summed E-state index contributed by atoms with van der Waals surface area (Å²) in [6, 6.07) is 7.58. The van der Waals surface area contributed by atoms with Crippen molar-refractivity contribution in [2.24, 2.45) is 5.41 Å². The number of halogens is 10. The number of ether oxygens (including phenoxy) is 2. The number of anilines is 3. The molecule has 2 aromatic carbocycles. The average molecular weight is 741 g/mol. The molecule has 49 heavy (non-hydrogen) atoms. The van der Waals surface area contributed by atoms with Gasteiger partial charge in [0.05, 0.1) is 33.4 Å². The molecule has 0 unspecified atom stereocenters. The quantitative estimate of drug-likeness (QED) is 0.0860. The van der Waals surface area contributed by atoms with Gasteiger partial charge in [-0.15, -0.1) is 0 Å². The minimum atomic E-state index is -4.70. The number of fused-ring (bicyclic) bond motifs is 1. The lowest BCUT2D eigenvalue weighted by Gasteiger charge is -2.19. The number of aromatic nitrogens is 3. The Morgan fingerprint density at radius 2 is 1.67 bits per heavy atom. The Labute approximate surface area is 280 Å². The van der Waals surface area contributed by atoms with Gasteiger partial charge in [-0.2, -0.15) is 45.1 Å². The SMILES string of the molecule is O=C(Nc1ccc(C(F)(F)F)cc1)c1cc2[nH]c(Nc3c(Cl)ccc(CNC(=O)C4(C(F)(F)F)CC4)c3Cl)nc2nc1OCCOC(F)F. The van der Waals surface area contributed by atoms with Gasteiger partial charge < -0.3 is 30.4 Å². The van der Waals surface area contributed by atoms with Gasteiger partial charge in [0.2, 0.25) is 17.7 Å². The topological polar surface area (TPSA) is 130 Å². The van der Waals surface area contributed by atoms with Gasteiger partial charge in [-0.25, -0.2) is 0 Å². The van der Waals surface area contributed by atoms with Crippen molar-refractivity contribution in [3.05, 3.63) is 69.2 Å². The highest BCUT2D eigenvalue weighted by atomic mass is 35.5. The lowest BCUT2D eigenvalue weighted by atomic mass is 10.1. The number of benzene rings is 2. The molecule has 0 spiro atoms. The lowest BCUT2D eigenvalue weighted by Crippen LogP contribution is -2.40. The van der Waals surface area contributed by atoms with E-state index in [9.17, 15) is 44.7 Å². The van der Waals surface area contributed by atoms with Crippen molar-refractivity contribution in [3.63, 3.8) is 0 Å². The molecule has 0 aliphatic heterocycles. The van der Waals surface area contributed by atoms with E-state index >= 15 is 0 Å². The van der Waals surface area contributed by atoms with Crippen LogP contribution in [0.1, 0.15) is 34.3 Å². The molecule has 2 aromatic heterocycles. The maximum atomic E-state index is 13.3. The summed E-state index contributed by atoms with van der Waals surface area (Å²) >= 11 is 12.8. The number of carbonyl (C=O) groups excluding carboxylic acids is 2. The van der Waals surface area contributed by atoms with E-state index in [4.69, 9.17) is 27.9 Å². The van der Waals surface area contributed by atoms with Crippen LogP contribution in [0.5, 0.6) is 5.88 Å². The predicted octanol–water partition coefficient (Wildman–Crippen LogP) is 7.86. The van der Waals surface area contributed by atoms with Crippen LogP contribution in [0, 0.1) is 5.41 Å². The largest absolute Gasteiger partial charge is 0.475 e. The van der Waals surface area contributed by atoms with Crippen LogP contribution in [-0.2, 0) is 22.3 Å². The Morgan fingerprint density at radius 3 is 2.29 bits per heavy atom. The van der Waals surface area contributed by atoms with E-state index in [0.29, 0.717) is 0 Å². The number of carbonyl (C=O) groups is 2. The number of hydrogen-bond acceptors (Lipinski definition) is 7. The monoisotopic (exact) mass is 740 g/mol. The molecule has 1 aliphatic rings. The summed E-state index contributed by atoms with van der Waals surface area (Å²) in [6.45, 7) is -4.51. The molecule has 0 atom stereocenters. The summed E-state index contributed by atoms with van der Waals surface area (Å²) < 4.78 is 113. The van der Waals surface area contributed by atoms with Crippen LogP contribution in [0.15, 0.2) is 42.5 Å². The first-order valence-electron chi connectivity index (χ1n) is 14.0. The standard InChI is InChI=1S/C29H22Cl2F8N6O4/c30-17-6-1-13(12-40-24(47)27(7-8-27)29(37,38)39)19(31)20(17)43-26-42-18-11-16(23(44-21(18)45-26)48-9-10-49-25(32)33)22(46)41-15-4-2-14(3-5-15)28(34,35)36/h1-6,11,25H,7-10,12H2,(H,40,47)(H,41,46)(H2,42,43,44,45). The zero-order chi connectivity index (χ0) is 35.7. The van der Waals surface area contributed by atoms with E-state index in [-0.39, 0.29) is 74.9 Å². The maximum absolute atomic E-state index is 13.3. The molecule has 4 aromatic rings. The molecule has 0 radical (unpaired) electrons. The van der Waals surface area contributed by atoms with Crippen LogP contribution in [0.2, 0.25) is 10.0 Å². The van der Waals surface area contributed by atoms with E-state index in [1.54, 1.807) is 0 Å². The number of nitrogens with zero attached hydrogens (tertiary/aromatic N) is 2. The molecule has 10 nitrogen and oxygen atoms in total. The highest BCUT2D eigenvalue weighted by Gasteiger charge is 2.68. The fourth-order valence-electron chi connectivity index (χ4n) is 4.55. The molecule has 262 valence electrons. The molecule has 1 aliphatic carbocycles. The molecular formula is C29H22Cl2F8N6O4. The molecule has 2 heterocycles. The summed E-state index contributed by atoms with van der Waals surface area (Å²) in [5.41, 5.74) is -3.32. The lowest BCUT2D eigenvalue weighted by molar-refractivity contribution is -0.192. The van der Waals surface area contributed by atoms with Gasteiger partial charge in [-0.05, 0) is 54.8 Å². The van der Waals surface area contributed by atoms with E-state index < -0.39 is 55.0 Å². The first-order valence-corrected chi connectivity index (χ1v) is 14.7. The Morgan fingerprint density at radius 1 is 0.980 bits per heavy atom. The smallest absolute Gasteiger partial charge is 0.416 e. The van der Waals surface area contributed by atoms with Gasteiger partial charge >= 0.3 is 19.0 Å². The highest BCUT2D eigenvalue weighted by Crippen LogP contribution is 2.57. The van der Waals surface area contributed by atoms with E-state index in [1.165, 1.54) is 18.2 Å². The summed E-state index contributed by atoms with van der Waals surface area (Å²) in [5, 5.41) is 7.48. The van der Waals surface area contributed by atoms with E-state index in [0.717, 1.165) is 24.3 Å².